The van der Waals surface area contributed by atoms with E-state index in [9.17, 15) is 9.59 Å². The highest BCUT2D eigenvalue weighted by atomic mass is 16.5. The van der Waals surface area contributed by atoms with E-state index in [2.05, 4.69) is 0 Å². The molecule has 4 rings (SSSR count). The molecule has 0 radical (unpaired) electrons. The Morgan fingerprint density at radius 1 is 1.19 bits per heavy atom. The van der Waals surface area contributed by atoms with Crippen LogP contribution in [0.5, 0.6) is 5.75 Å². The number of benzene rings is 2. The second kappa shape index (κ2) is 6.67. The van der Waals surface area contributed by atoms with Gasteiger partial charge < -0.3 is 14.1 Å². The van der Waals surface area contributed by atoms with Crippen molar-refractivity contribution in [2.75, 3.05) is 18.1 Å². The van der Waals surface area contributed by atoms with Crippen LogP contribution in [0.15, 0.2) is 57.7 Å². The molecule has 5 nitrogen and oxygen atoms in total. The summed E-state index contributed by atoms with van der Waals surface area (Å²) in [5.41, 5.74) is 1.82. The van der Waals surface area contributed by atoms with Crippen molar-refractivity contribution in [1.29, 1.82) is 0 Å². The van der Waals surface area contributed by atoms with Crippen molar-refractivity contribution in [2.45, 2.75) is 19.8 Å². The Morgan fingerprint density at radius 3 is 2.88 bits per heavy atom. The summed E-state index contributed by atoms with van der Waals surface area (Å²) in [4.78, 5) is 27.0. The van der Waals surface area contributed by atoms with E-state index in [0.29, 0.717) is 29.9 Å². The molecule has 5 heteroatoms. The Morgan fingerprint density at radius 2 is 2.04 bits per heavy atom. The van der Waals surface area contributed by atoms with E-state index in [4.69, 9.17) is 9.15 Å². The molecule has 1 aliphatic rings. The lowest BCUT2D eigenvalue weighted by Gasteiger charge is -2.16. The number of ether oxygens (including phenoxy) is 1. The topological polar surface area (TPSA) is 59.8 Å². The van der Waals surface area contributed by atoms with Gasteiger partial charge in [-0.05, 0) is 42.7 Å². The fraction of sp³-hybridized carbons (Fsp3) is 0.238. The fourth-order valence-corrected chi connectivity index (χ4v) is 3.24. The molecule has 0 atom stereocenters. The summed E-state index contributed by atoms with van der Waals surface area (Å²) in [6.07, 6.45) is 1.69. The zero-order chi connectivity index (χ0) is 18.1. The molecular weight excluding hydrogens is 330 g/mol. The molecule has 0 N–H and O–H groups in total. The standard InChI is InChI=1S/C21H19NO4/c1-2-11-25-16-8-7-15-12-17(21(24)26-19(15)13-16)20(23)22-10-9-14-5-3-4-6-18(14)22/h3-8,12-13H,2,9-11H2,1H3. The van der Waals surface area contributed by atoms with Crippen LogP contribution in [0.1, 0.15) is 29.3 Å². The molecule has 0 unspecified atom stereocenters. The van der Waals surface area contributed by atoms with Crippen LogP contribution < -0.4 is 15.3 Å². The molecule has 0 saturated carbocycles. The second-order valence-corrected chi connectivity index (χ2v) is 6.33. The Kier molecular flexibility index (Phi) is 4.21. The summed E-state index contributed by atoms with van der Waals surface area (Å²) < 4.78 is 11.0. The number of nitrogens with zero attached hydrogens (tertiary/aromatic N) is 1. The number of hydrogen-bond donors (Lipinski definition) is 0. The Bertz CT molecular complexity index is 1040. The average molecular weight is 349 g/mol. The fourth-order valence-electron chi connectivity index (χ4n) is 3.24. The van der Waals surface area contributed by atoms with Crippen molar-refractivity contribution in [3.63, 3.8) is 0 Å². The number of carbonyl (C=O) groups excluding carboxylic acids is 1. The van der Waals surface area contributed by atoms with Gasteiger partial charge in [0.05, 0.1) is 6.61 Å². The van der Waals surface area contributed by atoms with Gasteiger partial charge in [0.25, 0.3) is 5.91 Å². The van der Waals surface area contributed by atoms with Gasteiger partial charge >= 0.3 is 5.63 Å². The predicted molar refractivity (Wildman–Crippen MR) is 100 cm³/mol. The monoisotopic (exact) mass is 349 g/mol. The van der Waals surface area contributed by atoms with Gasteiger partial charge in [0.1, 0.15) is 16.9 Å². The lowest BCUT2D eigenvalue weighted by atomic mass is 10.1. The molecule has 0 aliphatic carbocycles. The third-order valence-electron chi connectivity index (χ3n) is 4.54. The first kappa shape index (κ1) is 16.4. The number of hydrogen-bond acceptors (Lipinski definition) is 4. The largest absolute Gasteiger partial charge is 0.493 e. The predicted octanol–water partition coefficient (Wildman–Crippen LogP) is 3.78. The third-order valence-corrected chi connectivity index (χ3v) is 4.54. The van der Waals surface area contributed by atoms with Crippen LogP contribution in [0.2, 0.25) is 0 Å². The Hall–Kier alpha value is -3.08. The minimum absolute atomic E-state index is 0.0522. The number of carbonyl (C=O) groups is 1. The average Bonchev–Trinajstić information content (AvgIpc) is 3.09. The van der Waals surface area contributed by atoms with E-state index in [-0.39, 0.29) is 11.5 Å². The summed E-state index contributed by atoms with van der Waals surface area (Å²) in [6.45, 7) is 3.19. The molecular formula is C21H19NO4. The van der Waals surface area contributed by atoms with E-state index >= 15 is 0 Å². The molecule has 1 aromatic heterocycles. The van der Waals surface area contributed by atoms with Gasteiger partial charge in [-0.25, -0.2) is 4.79 Å². The van der Waals surface area contributed by atoms with Gasteiger partial charge in [0.15, 0.2) is 0 Å². The summed E-state index contributed by atoms with van der Waals surface area (Å²) in [5, 5.41) is 0.698. The Balaban J connectivity index is 1.70. The smallest absolute Gasteiger partial charge is 0.349 e. The SMILES string of the molecule is CCCOc1ccc2cc(C(=O)N3CCc4ccccc43)c(=O)oc2c1. The molecule has 0 saturated heterocycles. The molecule has 3 aromatic rings. The maximum Gasteiger partial charge on any atom is 0.349 e. The van der Waals surface area contributed by atoms with Gasteiger partial charge in [0, 0.05) is 23.7 Å². The van der Waals surface area contributed by atoms with Crippen molar-refractivity contribution in [3.05, 3.63) is 70.1 Å². The first-order chi connectivity index (χ1) is 12.7. The second-order valence-electron chi connectivity index (χ2n) is 6.33. The van der Waals surface area contributed by atoms with Crippen LogP contribution in [-0.4, -0.2) is 19.1 Å². The van der Waals surface area contributed by atoms with Crippen molar-refractivity contribution in [2.24, 2.45) is 0 Å². The van der Waals surface area contributed by atoms with Crippen LogP contribution in [0, 0.1) is 0 Å². The molecule has 1 aliphatic heterocycles. The quantitative estimate of drug-likeness (QED) is 0.673. The van der Waals surface area contributed by atoms with Crippen molar-refractivity contribution < 1.29 is 13.9 Å². The summed E-state index contributed by atoms with van der Waals surface area (Å²) in [7, 11) is 0. The molecule has 1 amide bonds. The first-order valence-corrected chi connectivity index (χ1v) is 8.78. The highest BCUT2D eigenvalue weighted by Crippen LogP contribution is 2.29. The molecule has 26 heavy (non-hydrogen) atoms. The zero-order valence-corrected chi connectivity index (χ0v) is 14.5. The van der Waals surface area contributed by atoms with Crippen molar-refractivity contribution >= 4 is 22.6 Å². The van der Waals surface area contributed by atoms with E-state index in [0.717, 1.165) is 24.1 Å². The van der Waals surface area contributed by atoms with Crippen LogP contribution in [0.3, 0.4) is 0 Å². The van der Waals surface area contributed by atoms with Crippen molar-refractivity contribution in [3.8, 4) is 5.75 Å². The van der Waals surface area contributed by atoms with Crippen LogP contribution >= 0.6 is 0 Å². The van der Waals surface area contributed by atoms with Crippen molar-refractivity contribution in [1.82, 2.24) is 0 Å². The van der Waals surface area contributed by atoms with Gasteiger partial charge in [-0.1, -0.05) is 25.1 Å². The molecule has 132 valence electrons. The molecule has 0 spiro atoms. The minimum atomic E-state index is -0.625. The third kappa shape index (κ3) is 2.86. The highest BCUT2D eigenvalue weighted by molar-refractivity contribution is 6.08. The summed E-state index contributed by atoms with van der Waals surface area (Å²) >= 11 is 0. The molecule has 0 fully saturated rings. The molecule has 0 bridgehead atoms. The number of rotatable bonds is 4. The van der Waals surface area contributed by atoms with E-state index in [1.807, 2.05) is 37.3 Å². The van der Waals surface area contributed by atoms with Gasteiger partial charge in [-0.2, -0.15) is 0 Å². The Labute approximate surface area is 150 Å². The van der Waals surface area contributed by atoms with Crippen LogP contribution in [0.4, 0.5) is 5.69 Å². The normalized spacial score (nSPS) is 13.0. The number of para-hydroxylation sites is 1. The lowest BCUT2D eigenvalue weighted by Crippen LogP contribution is -2.32. The zero-order valence-electron chi connectivity index (χ0n) is 14.5. The minimum Gasteiger partial charge on any atom is -0.493 e. The van der Waals surface area contributed by atoms with Crippen LogP contribution in [0.25, 0.3) is 11.0 Å². The van der Waals surface area contributed by atoms with E-state index < -0.39 is 5.63 Å². The molecule has 2 aromatic carbocycles. The van der Waals surface area contributed by atoms with E-state index in [1.54, 1.807) is 23.1 Å². The van der Waals surface area contributed by atoms with Crippen LogP contribution in [-0.2, 0) is 6.42 Å². The summed E-state index contributed by atoms with van der Waals surface area (Å²) in [5.74, 6) is 0.326. The lowest BCUT2D eigenvalue weighted by molar-refractivity contribution is 0.0986. The maximum absolute atomic E-state index is 12.9. The highest BCUT2D eigenvalue weighted by Gasteiger charge is 2.27. The van der Waals surface area contributed by atoms with Gasteiger partial charge in [-0.3, -0.25) is 4.79 Å². The first-order valence-electron chi connectivity index (χ1n) is 8.78. The molecule has 2 heterocycles. The van der Waals surface area contributed by atoms with Gasteiger partial charge in [-0.15, -0.1) is 0 Å². The summed E-state index contributed by atoms with van der Waals surface area (Å²) in [6, 6.07) is 14.7. The number of anilines is 1. The van der Waals surface area contributed by atoms with E-state index in [1.165, 1.54) is 0 Å². The number of amides is 1. The van der Waals surface area contributed by atoms with Gasteiger partial charge in [0.2, 0.25) is 0 Å². The number of fused-ring (bicyclic) bond motifs is 2. The maximum atomic E-state index is 12.9.